The molecule has 1 aliphatic carbocycles. The predicted octanol–water partition coefficient (Wildman–Crippen LogP) is 0.317. The second-order valence-electron chi connectivity index (χ2n) is 2.84. The Bertz CT molecular complexity index is 132. The molecule has 10 heavy (non-hydrogen) atoms. The molecule has 1 atom stereocenters. The molecule has 1 rings (SSSR count). The topological polar surface area (TPSA) is 49.3 Å². The van der Waals surface area contributed by atoms with E-state index in [2.05, 4.69) is 5.32 Å². The summed E-state index contributed by atoms with van der Waals surface area (Å²) in [5, 5.41) is 11.6. The molecule has 0 saturated heterocycles. The zero-order valence-electron chi connectivity index (χ0n) is 6.13. The molecule has 1 fully saturated rings. The molecule has 1 aliphatic rings. The molecule has 3 nitrogen and oxygen atoms in total. The first-order valence-electron chi connectivity index (χ1n) is 3.63. The Balaban J connectivity index is 2.34. The highest BCUT2D eigenvalue weighted by molar-refractivity contribution is 5.71. The first-order chi connectivity index (χ1) is 4.75. The van der Waals surface area contributed by atoms with Crippen LogP contribution in [-0.2, 0) is 4.79 Å². The van der Waals surface area contributed by atoms with Crippen molar-refractivity contribution in [3.63, 3.8) is 0 Å². The Morgan fingerprint density at radius 3 is 2.70 bits per heavy atom. The molecule has 3 heteroatoms. The Hall–Kier alpha value is -0.570. The van der Waals surface area contributed by atoms with Crippen LogP contribution in [0.3, 0.4) is 0 Å². The van der Waals surface area contributed by atoms with Crippen molar-refractivity contribution in [1.29, 1.82) is 0 Å². The van der Waals surface area contributed by atoms with Crippen LogP contribution in [0.5, 0.6) is 0 Å². The maximum atomic E-state index is 10.5. The van der Waals surface area contributed by atoms with Crippen molar-refractivity contribution in [2.45, 2.75) is 12.8 Å². The standard InChI is InChI=1S/C7H13NO2/c1-8-4-6(7(9)10)5-2-3-5/h5-6,8H,2-4H2,1H3,(H,9,10). The van der Waals surface area contributed by atoms with Crippen LogP contribution in [0.15, 0.2) is 0 Å². The number of aliphatic carboxylic acids is 1. The predicted molar refractivity (Wildman–Crippen MR) is 37.8 cm³/mol. The van der Waals surface area contributed by atoms with Crippen LogP contribution in [-0.4, -0.2) is 24.7 Å². The van der Waals surface area contributed by atoms with E-state index in [1.165, 1.54) is 0 Å². The molecule has 58 valence electrons. The fourth-order valence-electron chi connectivity index (χ4n) is 1.17. The van der Waals surface area contributed by atoms with E-state index < -0.39 is 5.97 Å². The molecule has 1 unspecified atom stereocenters. The number of hydrogen-bond donors (Lipinski definition) is 2. The summed E-state index contributed by atoms with van der Waals surface area (Å²) in [7, 11) is 1.79. The number of nitrogens with one attached hydrogen (secondary N) is 1. The third kappa shape index (κ3) is 1.70. The largest absolute Gasteiger partial charge is 0.481 e. The van der Waals surface area contributed by atoms with E-state index in [1.54, 1.807) is 7.05 Å². The summed E-state index contributed by atoms with van der Waals surface area (Å²) in [5.41, 5.74) is 0. The van der Waals surface area contributed by atoms with E-state index in [0.717, 1.165) is 12.8 Å². The van der Waals surface area contributed by atoms with Crippen LogP contribution >= 0.6 is 0 Å². The second-order valence-corrected chi connectivity index (χ2v) is 2.84. The summed E-state index contributed by atoms with van der Waals surface area (Å²) in [6.07, 6.45) is 2.19. The van der Waals surface area contributed by atoms with Gasteiger partial charge in [-0.05, 0) is 25.8 Å². The lowest BCUT2D eigenvalue weighted by Crippen LogP contribution is -2.27. The molecule has 0 aromatic carbocycles. The Morgan fingerprint density at radius 1 is 1.80 bits per heavy atom. The summed E-state index contributed by atoms with van der Waals surface area (Å²) in [6, 6.07) is 0. The summed E-state index contributed by atoms with van der Waals surface area (Å²) in [4.78, 5) is 10.5. The molecule has 0 amide bonds. The van der Waals surface area contributed by atoms with Crippen LogP contribution in [0.4, 0.5) is 0 Å². The van der Waals surface area contributed by atoms with E-state index in [1.807, 2.05) is 0 Å². The quantitative estimate of drug-likeness (QED) is 0.595. The van der Waals surface area contributed by atoms with Crippen molar-refractivity contribution in [2.75, 3.05) is 13.6 Å². The van der Waals surface area contributed by atoms with Gasteiger partial charge in [0.25, 0.3) is 0 Å². The molecule has 0 spiro atoms. The van der Waals surface area contributed by atoms with E-state index in [4.69, 9.17) is 5.11 Å². The van der Waals surface area contributed by atoms with Gasteiger partial charge in [-0.1, -0.05) is 0 Å². The van der Waals surface area contributed by atoms with Crippen LogP contribution in [0.1, 0.15) is 12.8 Å². The van der Waals surface area contributed by atoms with Gasteiger partial charge in [0.15, 0.2) is 0 Å². The zero-order valence-corrected chi connectivity index (χ0v) is 6.13. The van der Waals surface area contributed by atoms with Gasteiger partial charge in [-0.3, -0.25) is 4.79 Å². The van der Waals surface area contributed by atoms with E-state index in [0.29, 0.717) is 12.5 Å². The Morgan fingerprint density at radius 2 is 2.40 bits per heavy atom. The monoisotopic (exact) mass is 143 g/mol. The number of carboxylic acids is 1. The van der Waals surface area contributed by atoms with Gasteiger partial charge < -0.3 is 10.4 Å². The minimum Gasteiger partial charge on any atom is -0.481 e. The van der Waals surface area contributed by atoms with E-state index in [9.17, 15) is 4.79 Å². The third-order valence-electron chi connectivity index (χ3n) is 1.93. The summed E-state index contributed by atoms with van der Waals surface area (Å²) in [6.45, 7) is 0.611. The lowest BCUT2D eigenvalue weighted by molar-refractivity contribution is -0.142. The average molecular weight is 143 g/mol. The third-order valence-corrected chi connectivity index (χ3v) is 1.93. The van der Waals surface area contributed by atoms with Gasteiger partial charge in [-0.15, -0.1) is 0 Å². The number of carboxylic acid groups (broad SMARTS) is 1. The zero-order chi connectivity index (χ0) is 7.56. The first-order valence-corrected chi connectivity index (χ1v) is 3.63. The normalized spacial score (nSPS) is 20.5. The molecule has 0 bridgehead atoms. The number of hydrogen-bond acceptors (Lipinski definition) is 2. The maximum absolute atomic E-state index is 10.5. The molecule has 0 radical (unpaired) electrons. The van der Waals surface area contributed by atoms with Crippen molar-refractivity contribution in [3.05, 3.63) is 0 Å². The van der Waals surface area contributed by atoms with Crippen LogP contribution in [0, 0.1) is 11.8 Å². The van der Waals surface area contributed by atoms with Crippen molar-refractivity contribution < 1.29 is 9.90 Å². The smallest absolute Gasteiger partial charge is 0.308 e. The molecular formula is C7H13NO2. The SMILES string of the molecule is CNCC(C(=O)O)C1CC1. The van der Waals surface area contributed by atoms with Gasteiger partial charge in [0.05, 0.1) is 5.92 Å². The highest BCUT2D eigenvalue weighted by Gasteiger charge is 2.35. The second kappa shape index (κ2) is 3.01. The van der Waals surface area contributed by atoms with Gasteiger partial charge in [0, 0.05) is 6.54 Å². The maximum Gasteiger partial charge on any atom is 0.308 e. The molecular weight excluding hydrogens is 130 g/mol. The van der Waals surface area contributed by atoms with Gasteiger partial charge in [0.2, 0.25) is 0 Å². The molecule has 2 N–H and O–H groups in total. The van der Waals surface area contributed by atoms with Gasteiger partial charge in [0.1, 0.15) is 0 Å². The van der Waals surface area contributed by atoms with Gasteiger partial charge in [-0.2, -0.15) is 0 Å². The van der Waals surface area contributed by atoms with Crippen molar-refractivity contribution in [1.82, 2.24) is 5.32 Å². The van der Waals surface area contributed by atoms with Crippen LogP contribution < -0.4 is 5.32 Å². The van der Waals surface area contributed by atoms with Crippen molar-refractivity contribution in [3.8, 4) is 0 Å². The Labute approximate surface area is 60.4 Å². The summed E-state index contributed by atoms with van der Waals surface area (Å²) < 4.78 is 0. The lowest BCUT2D eigenvalue weighted by Gasteiger charge is -2.08. The van der Waals surface area contributed by atoms with Crippen molar-refractivity contribution in [2.24, 2.45) is 11.8 Å². The fraction of sp³-hybridized carbons (Fsp3) is 0.857. The van der Waals surface area contributed by atoms with Gasteiger partial charge >= 0.3 is 5.97 Å². The molecule has 0 heterocycles. The molecule has 0 aromatic heterocycles. The molecule has 1 saturated carbocycles. The van der Waals surface area contributed by atoms with E-state index in [-0.39, 0.29) is 5.92 Å². The lowest BCUT2D eigenvalue weighted by atomic mass is 10.1. The van der Waals surface area contributed by atoms with E-state index >= 15 is 0 Å². The minimum absolute atomic E-state index is 0.148. The van der Waals surface area contributed by atoms with Crippen molar-refractivity contribution >= 4 is 5.97 Å². The van der Waals surface area contributed by atoms with Crippen LogP contribution in [0.2, 0.25) is 0 Å². The average Bonchev–Trinajstić information content (AvgIpc) is 2.63. The number of carbonyl (C=O) groups is 1. The fourth-order valence-corrected chi connectivity index (χ4v) is 1.17. The minimum atomic E-state index is -0.656. The van der Waals surface area contributed by atoms with Crippen LogP contribution in [0.25, 0.3) is 0 Å². The van der Waals surface area contributed by atoms with Gasteiger partial charge in [-0.25, -0.2) is 0 Å². The number of rotatable bonds is 4. The molecule has 0 aliphatic heterocycles. The first kappa shape index (κ1) is 7.54. The highest BCUT2D eigenvalue weighted by Crippen LogP contribution is 2.36. The Kier molecular flexibility index (Phi) is 2.27. The molecule has 0 aromatic rings. The highest BCUT2D eigenvalue weighted by atomic mass is 16.4. The summed E-state index contributed by atoms with van der Waals surface area (Å²) >= 11 is 0. The summed E-state index contributed by atoms with van der Waals surface area (Å²) in [5.74, 6) is -0.355.